The van der Waals surface area contributed by atoms with Crippen molar-refractivity contribution >= 4 is 29.0 Å². The summed E-state index contributed by atoms with van der Waals surface area (Å²) >= 11 is 0. The summed E-state index contributed by atoms with van der Waals surface area (Å²) in [5, 5.41) is 12.3. The first-order valence-corrected chi connectivity index (χ1v) is 12.5. The van der Waals surface area contributed by atoms with E-state index in [4.69, 9.17) is 20.6 Å². The van der Waals surface area contributed by atoms with Gasteiger partial charge in [-0.1, -0.05) is 51.4 Å². The van der Waals surface area contributed by atoms with Crippen LogP contribution in [0, 0.1) is 18.4 Å². The molecule has 0 aliphatic rings. The molecular weight excluding hydrogens is 485 g/mol. The van der Waals surface area contributed by atoms with Crippen LogP contribution in [0.4, 0.5) is 15.0 Å². The lowest BCUT2D eigenvalue weighted by molar-refractivity contribution is -0.168. The fraction of sp³-hybridized carbons (Fsp3) is 0.640. The zero-order chi connectivity index (χ0) is 27.3. The fourth-order valence-corrected chi connectivity index (χ4v) is 3.80. The number of methoxy groups -OCH3 is 1. The van der Waals surface area contributed by atoms with Crippen molar-refractivity contribution in [3.8, 4) is 12.3 Å². The van der Waals surface area contributed by atoms with Gasteiger partial charge in [-0.25, -0.2) is 9.78 Å². The van der Waals surface area contributed by atoms with Crippen LogP contribution in [-0.2, 0) is 25.5 Å². The SMILES string of the molecule is C#CC(CO)(OC)[C@H](Cn1cnc2c(NC(=O)OCC)nc(F)nc21)OC(=O)CCCCCCCCC. The second kappa shape index (κ2) is 15.1. The zero-order valence-electron chi connectivity index (χ0n) is 21.7. The van der Waals surface area contributed by atoms with Crippen LogP contribution in [0.5, 0.6) is 0 Å². The minimum absolute atomic E-state index is 0.00684. The van der Waals surface area contributed by atoms with E-state index in [-0.39, 0.29) is 36.6 Å². The van der Waals surface area contributed by atoms with Gasteiger partial charge in [-0.15, -0.1) is 6.42 Å². The van der Waals surface area contributed by atoms with Crippen LogP contribution < -0.4 is 5.32 Å². The number of fused-ring (bicyclic) bond motifs is 1. The Kier molecular flexibility index (Phi) is 12.2. The van der Waals surface area contributed by atoms with Crippen LogP contribution in [0.15, 0.2) is 6.33 Å². The Morgan fingerprint density at radius 3 is 2.54 bits per heavy atom. The molecule has 0 bridgehead atoms. The summed E-state index contributed by atoms with van der Waals surface area (Å²) in [6, 6.07) is 0. The van der Waals surface area contributed by atoms with E-state index in [0.29, 0.717) is 6.42 Å². The molecule has 2 N–H and O–H groups in total. The highest BCUT2D eigenvalue weighted by molar-refractivity contribution is 5.93. The Labute approximate surface area is 216 Å². The van der Waals surface area contributed by atoms with E-state index in [1.807, 2.05) is 0 Å². The normalized spacial score (nSPS) is 13.5. The number of ether oxygens (including phenoxy) is 3. The highest BCUT2D eigenvalue weighted by Gasteiger charge is 2.41. The number of nitrogens with one attached hydrogen (secondary N) is 1. The summed E-state index contributed by atoms with van der Waals surface area (Å²) < 4.78 is 31.5. The molecular formula is C25H36FN5O6. The summed E-state index contributed by atoms with van der Waals surface area (Å²) in [5.41, 5.74) is -1.58. The smallest absolute Gasteiger partial charge is 0.412 e. The lowest BCUT2D eigenvalue weighted by Crippen LogP contribution is -2.50. The van der Waals surface area contributed by atoms with E-state index in [1.165, 1.54) is 37.3 Å². The summed E-state index contributed by atoms with van der Waals surface area (Å²) in [6.07, 6.45) is 11.3. The van der Waals surface area contributed by atoms with Crippen molar-refractivity contribution < 1.29 is 33.3 Å². The lowest BCUT2D eigenvalue weighted by atomic mass is 9.97. The van der Waals surface area contributed by atoms with Crippen LogP contribution in [0.25, 0.3) is 11.2 Å². The molecule has 2 aromatic rings. The number of aliphatic hydroxyl groups is 1. The minimum Gasteiger partial charge on any atom is -0.456 e. The van der Waals surface area contributed by atoms with Gasteiger partial charge in [0.2, 0.25) is 0 Å². The molecule has 0 aliphatic carbocycles. The first kappa shape index (κ1) is 29.9. The van der Waals surface area contributed by atoms with Gasteiger partial charge < -0.3 is 23.9 Å². The number of aliphatic hydroxyl groups excluding tert-OH is 1. The molecule has 2 atom stereocenters. The zero-order valence-corrected chi connectivity index (χ0v) is 21.7. The fourth-order valence-electron chi connectivity index (χ4n) is 3.80. The molecule has 11 nitrogen and oxygen atoms in total. The number of imidazole rings is 1. The quantitative estimate of drug-likeness (QED) is 0.147. The Hall–Kier alpha value is -3.30. The largest absolute Gasteiger partial charge is 0.456 e. The Balaban J connectivity index is 2.21. The Morgan fingerprint density at radius 1 is 1.22 bits per heavy atom. The Bertz CT molecular complexity index is 1070. The predicted octanol–water partition coefficient (Wildman–Crippen LogP) is 3.60. The number of hydrogen-bond donors (Lipinski definition) is 2. The Morgan fingerprint density at radius 2 is 1.92 bits per heavy atom. The molecule has 0 saturated heterocycles. The van der Waals surface area contributed by atoms with Crippen molar-refractivity contribution in [3.05, 3.63) is 12.4 Å². The van der Waals surface area contributed by atoms with Crippen LogP contribution in [0.1, 0.15) is 65.2 Å². The second-order valence-electron chi connectivity index (χ2n) is 8.50. The van der Waals surface area contributed by atoms with E-state index in [0.717, 1.165) is 19.3 Å². The number of carbonyl (C=O) groups excluding carboxylic acids is 2. The van der Waals surface area contributed by atoms with Crippen molar-refractivity contribution in [2.24, 2.45) is 0 Å². The van der Waals surface area contributed by atoms with Gasteiger partial charge in [-0.3, -0.25) is 10.1 Å². The highest BCUT2D eigenvalue weighted by Crippen LogP contribution is 2.24. The average molecular weight is 522 g/mol. The number of terminal acetylenes is 1. The minimum atomic E-state index is -1.66. The van der Waals surface area contributed by atoms with Gasteiger partial charge in [0.15, 0.2) is 28.7 Å². The van der Waals surface area contributed by atoms with Gasteiger partial charge in [0.25, 0.3) is 0 Å². The van der Waals surface area contributed by atoms with Gasteiger partial charge in [0.1, 0.15) is 0 Å². The molecule has 0 radical (unpaired) electrons. The van der Waals surface area contributed by atoms with E-state index in [9.17, 15) is 19.1 Å². The van der Waals surface area contributed by atoms with Crippen molar-refractivity contribution in [1.82, 2.24) is 19.5 Å². The number of amides is 1. The molecule has 0 aromatic carbocycles. The van der Waals surface area contributed by atoms with Crippen molar-refractivity contribution in [2.45, 2.75) is 83.5 Å². The number of hydrogen-bond acceptors (Lipinski definition) is 9. The summed E-state index contributed by atoms with van der Waals surface area (Å²) in [6.45, 7) is 3.09. The molecule has 1 unspecified atom stereocenters. The number of anilines is 1. The van der Waals surface area contributed by atoms with Crippen molar-refractivity contribution in [1.29, 1.82) is 0 Å². The number of aromatic nitrogens is 4. The highest BCUT2D eigenvalue weighted by atomic mass is 19.1. The van der Waals surface area contributed by atoms with Gasteiger partial charge in [0, 0.05) is 13.5 Å². The van der Waals surface area contributed by atoms with E-state index >= 15 is 0 Å². The van der Waals surface area contributed by atoms with Gasteiger partial charge >= 0.3 is 18.1 Å². The molecule has 0 aliphatic heterocycles. The number of rotatable bonds is 16. The van der Waals surface area contributed by atoms with Gasteiger partial charge in [0.05, 0.1) is 26.1 Å². The molecule has 2 heterocycles. The standard InChI is InChI=1S/C25H36FN5O6/c1-5-8-9-10-11-12-13-14-19(33)37-18(25(6-2,16-32)35-4)15-31-17-27-20-21(29-24(34)36-7-3)28-23(26)30-22(20)31/h2,17-18,32H,5,7-16H2,1,3-4H3,(H,28,29,30,34)/t18-,25?/m0/s1. The summed E-state index contributed by atoms with van der Waals surface area (Å²) in [5.74, 6) is 1.68. The topological polar surface area (TPSA) is 138 Å². The molecule has 37 heavy (non-hydrogen) atoms. The summed E-state index contributed by atoms with van der Waals surface area (Å²) in [7, 11) is 1.29. The third-order valence-electron chi connectivity index (χ3n) is 5.92. The van der Waals surface area contributed by atoms with Crippen molar-refractivity contribution in [3.63, 3.8) is 0 Å². The van der Waals surface area contributed by atoms with Crippen LogP contribution in [0.2, 0.25) is 0 Å². The molecule has 0 fully saturated rings. The maximum absolute atomic E-state index is 14.2. The first-order valence-electron chi connectivity index (χ1n) is 12.5. The number of nitrogens with zero attached hydrogens (tertiary/aromatic N) is 4. The molecule has 1 amide bonds. The predicted molar refractivity (Wildman–Crippen MR) is 134 cm³/mol. The third kappa shape index (κ3) is 8.36. The number of halogens is 1. The molecule has 0 spiro atoms. The van der Waals surface area contributed by atoms with Crippen molar-refractivity contribution in [2.75, 3.05) is 25.6 Å². The van der Waals surface area contributed by atoms with E-state index < -0.39 is 36.5 Å². The number of esters is 1. The molecule has 2 rings (SSSR count). The van der Waals surface area contributed by atoms with E-state index in [2.05, 4.69) is 33.1 Å². The van der Waals surface area contributed by atoms with Crippen LogP contribution >= 0.6 is 0 Å². The molecule has 12 heteroatoms. The lowest BCUT2D eigenvalue weighted by Gasteiger charge is -2.33. The number of carbonyl (C=O) groups is 2. The van der Waals surface area contributed by atoms with Crippen LogP contribution in [-0.4, -0.2) is 68.7 Å². The monoisotopic (exact) mass is 521 g/mol. The van der Waals surface area contributed by atoms with Gasteiger partial charge in [-0.2, -0.15) is 14.4 Å². The molecule has 204 valence electrons. The first-order chi connectivity index (χ1) is 17.8. The maximum Gasteiger partial charge on any atom is 0.412 e. The summed E-state index contributed by atoms with van der Waals surface area (Å²) in [4.78, 5) is 36.0. The van der Waals surface area contributed by atoms with Gasteiger partial charge in [-0.05, 0) is 13.3 Å². The maximum atomic E-state index is 14.2. The van der Waals surface area contributed by atoms with Crippen LogP contribution in [0.3, 0.4) is 0 Å². The average Bonchev–Trinajstić information content (AvgIpc) is 3.27. The third-order valence-corrected chi connectivity index (χ3v) is 5.92. The molecule has 2 aromatic heterocycles. The number of unbranched alkanes of at least 4 members (excludes halogenated alkanes) is 6. The van der Waals surface area contributed by atoms with E-state index in [1.54, 1.807) is 6.92 Å². The molecule has 0 saturated carbocycles. The second-order valence-corrected chi connectivity index (χ2v) is 8.50.